The van der Waals surface area contributed by atoms with Crippen molar-refractivity contribution in [1.29, 1.82) is 0 Å². The zero-order chi connectivity index (χ0) is 21.2. The predicted octanol–water partition coefficient (Wildman–Crippen LogP) is 2.22. The van der Waals surface area contributed by atoms with Crippen molar-refractivity contribution in [3.63, 3.8) is 0 Å². The van der Waals surface area contributed by atoms with E-state index in [0.717, 1.165) is 15.8 Å². The summed E-state index contributed by atoms with van der Waals surface area (Å²) in [6.07, 6.45) is 1.47. The molecule has 12 heteroatoms. The van der Waals surface area contributed by atoms with Gasteiger partial charge in [-0.15, -0.1) is 10.2 Å². The van der Waals surface area contributed by atoms with Crippen LogP contribution < -0.4 is 10.1 Å². The number of aromatic nitrogens is 6. The van der Waals surface area contributed by atoms with Gasteiger partial charge in [0, 0.05) is 22.9 Å². The minimum atomic E-state index is -0.288. The van der Waals surface area contributed by atoms with Crippen molar-refractivity contribution in [2.75, 3.05) is 32.2 Å². The fourth-order valence-electron chi connectivity index (χ4n) is 3.23. The maximum atomic E-state index is 12.7. The summed E-state index contributed by atoms with van der Waals surface area (Å²) in [6, 6.07) is 6.89. The molecular weight excluding hydrogens is 422 g/mol. The van der Waals surface area contributed by atoms with Crippen molar-refractivity contribution < 1.29 is 19.0 Å². The van der Waals surface area contributed by atoms with Gasteiger partial charge in [0.1, 0.15) is 11.6 Å². The molecule has 5 rings (SSSR count). The molecule has 31 heavy (non-hydrogen) atoms. The third-order valence-electron chi connectivity index (χ3n) is 4.74. The van der Waals surface area contributed by atoms with E-state index in [1.165, 1.54) is 18.4 Å². The number of fused-ring (bicyclic) bond motifs is 1. The predicted molar refractivity (Wildman–Crippen MR) is 111 cm³/mol. The number of hydrogen-bond donors (Lipinski definition) is 2. The first kappa shape index (κ1) is 19.5. The van der Waals surface area contributed by atoms with Crippen molar-refractivity contribution in [3.8, 4) is 17.3 Å². The van der Waals surface area contributed by atoms with E-state index in [-0.39, 0.29) is 12.0 Å². The Morgan fingerprint density at radius 1 is 1.29 bits per heavy atom. The van der Waals surface area contributed by atoms with Crippen molar-refractivity contribution in [2.45, 2.75) is 6.10 Å². The summed E-state index contributed by atoms with van der Waals surface area (Å²) in [4.78, 5) is 21.6. The number of ether oxygens (including phenoxy) is 3. The summed E-state index contributed by atoms with van der Waals surface area (Å²) >= 11 is 1.34. The minimum absolute atomic E-state index is 0.239. The SMILES string of the molecule is COc1ncc(C2COCCO2)c2sc(NC(=O)c3ccc(-c4nn[nH]n4)cc3)nc12. The number of pyridine rings is 1. The van der Waals surface area contributed by atoms with Crippen LogP contribution >= 0.6 is 11.3 Å². The quantitative estimate of drug-likeness (QED) is 0.479. The van der Waals surface area contributed by atoms with Crippen LogP contribution in [0, 0.1) is 0 Å². The lowest BCUT2D eigenvalue weighted by Gasteiger charge is -2.23. The second-order valence-corrected chi connectivity index (χ2v) is 7.62. The number of thiazole rings is 1. The number of H-pyrrole nitrogens is 1. The van der Waals surface area contributed by atoms with E-state index >= 15 is 0 Å². The van der Waals surface area contributed by atoms with Crippen LogP contribution in [0.15, 0.2) is 30.5 Å². The van der Waals surface area contributed by atoms with Gasteiger partial charge in [-0.3, -0.25) is 10.1 Å². The second-order valence-electron chi connectivity index (χ2n) is 6.62. The zero-order valence-corrected chi connectivity index (χ0v) is 17.2. The Morgan fingerprint density at radius 2 is 2.16 bits per heavy atom. The number of aromatic amines is 1. The maximum Gasteiger partial charge on any atom is 0.257 e. The van der Waals surface area contributed by atoms with Gasteiger partial charge in [0.15, 0.2) is 5.13 Å². The number of benzene rings is 1. The number of nitrogens with one attached hydrogen (secondary N) is 2. The molecule has 0 spiro atoms. The average Bonchev–Trinajstić information content (AvgIpc) is 3.49. The molecule has 158 valence electrons. The molecule has 1 atom stereocenters. The number of rotatable bonds is 5. The van der Waals surface area contributed by atoms with E-state index in [1.807, 2.05) is 0 Å². The largest absolute Gasteiger partial charge is 0.479 e. The first-order chi connectivity index (χ1) is 15.2. The highest BCUT2D eigenvalue weighted by Gasteiger charge is 2.24. The van der Waals surface area contributed by atoms with Gasteiger partial charge in [-0.2, -0.15) is 5.21 Å². The van der Waals surface area contributed by atoms with Crippen LogP contribution in [0.5, 0.6) is 5.88 Å². The highest BCUT2D eigenvalue weighted by Crippen LogP contribution is 2.37. The summed E-state index contributed by atoms with van der Waals surface area (Å²) in [7, 11) is 1.53. The van der Waals surface area contributed by atoms with Gasteiger partial charge in [0.25, 0.3) is 5.91 Å². The topological polar surface area (TPSA) is 137 Å². The molecule has 3 aromatic heterocycles. The highest BCUT2D eigenvalue weighted by molar-refractivity contribution is 7.22. The lowest BCUT2D eigenvalue weighted by molar-refractivity contribution is -0.0896. The number of carbonyl (C=O) groups is 1. The van der Waals surface area contributed by atoms with Crippen LogP contribution in [-0.4, -0.2) is 63.4 Å². The number of amides is 1. The number of nitrogens with zero attached hydrogens (tertiary/aromatic N) is 5. The molecule has 0 saturated carbocycles. The molecule has 1 saturated heterocycles. The van der Waals surface area contributed by atoms with Gasteiger partial charge in [-0.25, -0.2) is 9.97 Å². The Kier molecular flexibility index (Phi) is 5.24. The standard InChI is InChI=1S/C19H17N7O4S/c1-28-18-14-15(12(8-20-18)13-9-29-6-7-30-13)31-19(21-14)22-17(27)11-4-2-10(3-5-11)16-23-25-26-24-16/h2-5,8,13H,6-7,9H2,1H3,(H,21,22,27)(H,23,24,25,26). The molecule has 1 aliphatic heterocycles. The molecule has 1 fully saturated rings. The van der Waals surface area contributed by atoms with Crippen LogP contribution in [0.4, 0.5) is 5.13 Å². The van der Waals surface area contributed by atoms with Gasteiger partial charge >= 0.3 is 0 Å². The number of carbonyl (C=O) groups excluding carboxylic acids is 1. The maximum absolute atomic E-state index is 12.7. The number of anilines is 1. The molecule has 0 bridgehead atoms. The van der Waals surface area contributed by atoms with Gasteiger partial charge in [0.2, 0.25) is 11.7 Å². The van der Waals surface area contributed by atoms with Gasteiger partial charge in [0.05, 0.1) is 31.6 Å². The third kappa shape index (κ3) is 3.83. The fourth-order valence-corrected chi connectivity index (χ4v) is 4.24. The molecule has 1 aliphatic rings. The third-order valence-corrected chi connectivity index (χ3v) is 5.76. The molecule has 4 aromatic rings. The second kappa shape index (κ2) is 8.34. The average molecular weight is 439 g/mol. The molecule has 1 aromatic carbocycles. The van der Waals surface area contributed by atoms with Crippen LogP contribution in [0.25, 0.3) is 21.6 Å². The molecule has 0 aliphatic carbocycles. The Labute approximate surface area is 179 Å². The van der Waals surface area contributed by atoms with Crippen molar-refractivity contribution >= 4 is 32.6 Å². The van der Waals surface area contributed by atoms with E-state index in [9.17, 15) is 4.79 Å². The summed E-state index contributed by atoms with van der Waals surface area (Å²) in [5, 5.41) is 17.1. The van der Waals surface area contributed by atoms with Gasteiger partial charge in [-0.05, 0) is 17.3 Å². The first-order valence-electron chi connectivity index (χ1n) is 9.41. The molecule has 0 radical (unpaired) electrons. The normalized spacial score (nSPS) is 16.4. The first-order valence-corrected chi connectivity index (χ1v) is 10.2. The van der Waals surface area contributed by atoms with E-state index in [4.69, 9.17) is 14.2 Å². The fraction of sp³-hybridized carbons (Fsp3) is 0.263. The van der Waals surface area contributed by atoms with Gasteiger partial charge in [-0.1, -0.05) is 23.5 Å². The lowest BCUT2D eigenvalue weighted by atomic mass is 10.1. The molecule has 1 unspecified atom stereocenters. The van der Waals surface area contributed by atoms with Gasteiger partial charge < -0.3 is 14.2 Å². The van der Waals surface area contributed by atoms with Crippen molar-refractivity contribution in [3.05, 3.63) is 41.6 Å². The summed E-state index contributed by atoms with van der Waals surface area (Å²) in [5.74, 6) is 0.556. The van der Waals surface area contributed by atoms with Crippen LogP contribution in [0.3, 0.4) is 0 Å². The van der Waals surface area contributed by atoms with Crippen molar-refractivity contribution in [2.24, 2.45) is 0 Å². The number of tetrazole rings is 1. The zero-order valence-electron chi connectivity index (χ0n) is 16.4. The Hall–Kier alpha value is -3.48. The van der Waals surface area contributed by atoms with Crippen LogP contribution in [0.2, 0.25) is 0 Å². The van der Waals surface area contributed by atoms with E-state index < -0.39 is 0 Å². The van der Waals surface area contributed by atoms with Crippen molar-refractivity contribution in [1.82, 2.24) is 30.6 Å². The Balaban J connectivity index is 1.41. The monoisotopic (exact) mass is 439 g/mol. The lowest BCUT2D eigenvalue weighted by Crippen LogP contribution is -2.22. The van der Waals surface area contributed by atoms with E-state index in [1.54, 1.807) is 30.5 Å². The molecule has 4 heterocycles. The highest BCUT2D eigenvalue weighted by atomic mass is 32.1. The molecule has 1 amide bonds. The number of methoxy groups -OCH3 is 1. The smallest absolute Gasteiger partial charge is 0.257 e. The summed E-state index contributed by atoms with van der Waals surface area (Å²) in [6.45, 7) is 1.52. The van der Waals surface area contributed by atoms with E-state index in [2.05, 4.69) is 35.9 Å². The summed E-state index contributed by atoms with van der Waals surface area (Å²) < 4.78 is 17.5. The number of hydrogen-bond acceptors (Lipinski definition) is 10. The Bertz CT molecular complexity index is 1200. The Morgan fingerprint density at radius 3 is 2.87 bits per heavy atom. The minimum Gasteiger partial charge on any atom is -0.479 e. The molecule has 11 nitrogen and oxygen atoms in total. The van der Waals surface area contributed by atoms with Crippen LogP contribution in [0.1, 0.15) is 22.0 Å². The molecular formula is C19H17N7O4S. The van der Waals surface area contributed by atoms with E-state index in [0.29, 0.717) is 47.7 Å². The summed E-state index contributed by atoms with van der Waals surface area (Å²) in [5.41, 5.74) is 2.65. The molecule has 2 N–H and O–H groups in total. The van der Waals surface area contributed by atoms with Crippen LogP contribution in [-0.2, 0) is 9.47 Å².